The molecule has 2 aliphatic heterocycles. The summed E-state index contributed by atoms with van der Waals surface area (Å²) in [7, 11) is 0. The first kappa shape index (κ1) is 36.7. The second-order valence-corrected chi connectivity index (χ2v) is 13.4. The van der Waals surface area contributed by atoms with Crippen molar-refractivity contribution >= 4 is 16.9 Å². The van der Waals surface area contributed by atoms with Gasteiger partial charge in [-0.1, -0.05) is 76.3 Å². The van der Waals surface area contributed by atoms with Crippen molar-refractivity contribution in [2.45, 2.75) is 142 Å². The number of hydrogen-bond donors (Lipinski definition) is 2. The van der Waals surface area contributed by atoms with Gasteiger partial charge in [0.25, 0.3) is 5.56 Å². The Bertz CT molecular complexity index is 1460. The van der Waals surface area contributed by atoms with Gasteiger partial charge in [0, 0.05) is 48.1 Å². The molecule has 9 nitrogen and oxygen atoms in total. The number of rotatable bonds is 16. The molecule has 0 bridgehead atoms. The molecule has 0 unspecified atom stereocenters. The first-order chi connectivity index (χ1) is 22.8. The molecule has 1 aromatic carbocycles. The molecule has 2 aromatic heterocycles. The molecule has 47 heavy (non-hydrogen) atoms. The van der Waals surface area contributed by atoms with Crippen molar-refractivity contribution in [1.82, 2.24) is 19.6 Å². The molecule has 260 valence electrons. The Morgan fingerprint density at radius 2 is 1.64 bits per heavy atom. The molecule has 4 heterocycles. The van der Waals surface area contributed by atoms with E-state index in [1.165, 1.54) is 69.9 Å². The van der Waals surface area contributed by atoms with E-state index >= 15 is 0 Å². The summed E-state index contributed by atoms with van der Waals surface area (Å²) in [6.45, 7) is 7.37. The van der Waals surface area contributed by atoms with Crippen molar-refractivity contribution in [3.05, 3.63) is 57.1 Å². The number of aryl methyl sites for hydroxylation is 1. The predicted molar refractivity (Wildman–Crippen MR) is 182 cm³/mol. The number of carboxylic acids is 1. The number of benzene rings is 1. The van der Waals surface area contributed by atoms with E-state index in [2.05, 4.69) is 22.0 Å². The van der Waals surface area contributed by atoms with Crippen LogP contribution in [0.1, 0.15) is 144 Å². The summed E-state index contributed by atoms with van der Waals surface area (Å²) in [5, 5.41) is 23.7. The Morgan fingerprint density at radius 1 is 0.979 bits per heavy atom. The number of likely N-dealkylation sites (tertiary alicyclic amines) is 1. The molecule has 0 spiro atoms. The van der Waals surface area contributed by atoms with Gasteiger partial charge in [0.05, 0.1) is 5.69 Å². The topological polar surface area (TPSA) is 122 Å². The van der Waals surface area contributed by atoms with Crippen LogP contribution < -0.4 is 5.56 Å². The summed E-state index contributed by atoms with van der Waals surface area (Å²) >= 11 is 0. The Morgan fingerprint density at radius 3 is 2.30 bits per heavy atom. The lowest BCUT2D eigenvalue weighted by Gasteiger charge is -2.31. The lowest BCUT2D eigenvalue weighted by Crippen LogP contribution is -2.37. The highest BCUT2D eigenvalue weighted by Gasteiger charge is 2.27. The molecule has 2 aliphatic rings. The van der Waals surface area contributed by atoms with Gasteiger partial charge in [-0.25, -0.2) is 9.37 Å². The number of hydrogen-bond acceptors (Lipinski definition) is 7. The van der Waals surface area contributed by atoms with Gasteiger partial charge in [-0.2, -0.15) is 0 Å². The second kappa shape index (κ2) is 19.0. The van der Waals surface area contributed by atoms with E-state index < -0.39 is 12.1 Å². The highest BCUT2D eigenvalue weighted by molar-refractivity contribution is 5.79. The number of nitrogens with zero attached hydrogens (tertiary/aromatic N) is 4. The predicted octanol–water partition coefficient (Wildman–Crippen LogP) is 7.85. The van der Waals surface area contributed by atoms with E-state index in [4.69, 9.17) is 9.63 Å². The van der Waals surface area contributed by atoms with Crippen molar-refractivity contribution in [2.75, 3.05) is 19.6 Å². The van der Waals surface area contributed by atoms with Gasteiger partial charge in [0.2, 0.25) is 0 Å². The number of piperidine rings is 1. The molecule has 5 rings (SSSR count). The van der Waals surface area contributed by atoms with Crippen LogP contribution in [0.25, 0.3) is 11.0 Å². The fourth-order valence-corrected chi connectivity index (χ4v) is 6.92. The molecule has 0 radical (unpaired) electrons. The number of unbranched alkanes of at least 4 members (excludes halogenated alkanes) is 10. The minimum atomic E-state index is -0.657. The average Bonchev–Trinajstić information content (AvgIpc) is 3.47. The normalized spacial score (nSPS) is 17.0. The van der Waals surface area contributed by atoms with E-state index in [1.54, 1.807) is 10.6 Å². The van der Waals surface area contributed by atoms with E-state index in [-0.39, 0.29) is 11.4 Å². The summed E-state index contributed by atoms with van der Waals surface area (Å²) in [5.74, 6) is -0.168. The Labute approximate surface area is 278 Å². The number of aliphatic hydroxyl groups excluding tert-OH is 1. The van der Waals surface area contributed by atoms with E-state index in [0.717, 1.165) is 74.1 Å². The van der Waals surface area contributed by atoms with E-state index in [0.29, 0.717) is 43.1 Å². The van der Waals surface area contributed by atoms with Crippen molar-refractivity contribution in [2.24, 2.45) is 0 Å². The van der Waals surface area contributed by atoms with Gasteiger partial charge >= 0.3 is 5.97 Å². The maximum atomic E-state index is 13.4. The first-order valence-electron chi connectivity index (χ1n) is 18.1. The largest absolute Gasteiger partial charge is 0.481 e. The number of halogens is 1. The highest BCUT2D eigenvalue weighted by Crippen LogP contribution is 2.33. The molecule has 0 aliphatic carbocycles. The van der Waals surface area contributed by atoms with Gasteiger partial charge < -0.3 is 19.6 Å². The highest BCUT2D eigenvalue weighted by atomic mass is 19.1. The zero-order chi connectivity index (χ0) is 33.6. The zero-order valence-corrected chi connectivity index (χ0v) is 28.5. The molecular formula is C37H55FN4O5. The molecule has 0 amide bonds. The third-order valence-electron chi connectivity index (χ3n) is 9.76. The van der Waals surface area contributed by atoms with Crippen LogP contribution >= 0.6 is 0 Å². The Balaban J connectivity index is 0.000000267. The van der Waals surface area contributed by atoms with Crippen molar-refractivity contribution in [3.8, 4) is 0 Å². The van der Waals surface area contributed by atoms with Gasteiger partial charge in [-0.3, -0.25) is 14.2 Å². The van der Waals surface area contributed by atoms with E-state index in [1.807, 2.05) is 6.92 Å². The van der Waals surface area contributed by atoms with Crippen LogP contribution in [0.15, 0.2) is 27.5 Å². The summed E-state index contributed by atoms with van der Waals surface area (Å²) < 4.78 is 20.4. The number of carboxylic acid groups (broad SMARTS) is 1. The quantitative estimate of drug-likeness (QED) is 0.150. The Kier molecular flexibility index (Phi) is 14.9. The minimum Gasteiger partial charge on any atom is -0.481 e. The first-order valence-corrected chi connectivity index (χ1v) is 18.1. The third kappa shape index (κ3) is 11.0. The monoisotopic (exact) mass is 654 g/mol. The maximum Gasteiger partial charge on any atom is 0.303 e. The van der Waals surface area contributed by atoms with E-state index in [9.17, 15) is 19.1 Å². The maximum absolute atomic E-state index is 13.4. The summed E-state index contributed by atoms with van der Waals surface area (Å²) in [4.78, 5) is 30.1. The minimum absolute atomic E-state index is 0.00237. The van der Waals surface area contributed by atoms with Crippen molar-refractivity contribution in [1.29, 1.82) is 0 Å². The summed E-state index contributed by atoms with van der Waals surface area (Å²) in [5.41, 5.74) is 2.90. The lowest BCUT2D eigenvalue weighted by molar-refractivity contribution is -0.137. The van der Waals surface area contributed by atoms with Gasteiger partial charge in [0.1, 0.15) is 17.7 Å². The van der Waals surface area contributed by atoms with Gasteiger partial charge in [-0.15, -0.1) is 0 Å². The number of aromatic nitrogens is 3. The van der Waals surface area contributed by atoms with Crippen LogP contribution in [-0.2, 0) is 17.8 Å². The Hall–Kier alpha value is -3.11. The average molecular weight is 655 g/mol. The molecule has 3 aromatic rings. The molecule has 1 fully saturated rings. The second-order valence-electron chi connectivity index (χ2n) is 13.4. The van der Waals surface area contributed by atoms with Crippen molar-refractivity contribution in [3.63, 3.8) is 0 Å². The summed E-state index contributed by atoms with van der Waals surface area (Å²) in [6.07, 6.45) is 17.7. The fourth-order valence-electron chi connectivity index (χ4n) is 6.92. The van der Waals surface area contributed by atoms with Crippen LogP contribution in [0.3, 0.4) is 0 Å². The number of aliphatic hydroxyl groups is 1. The molecule has 1 saturated heterocycles. The summed E-state index contributed by atoms with van der Waals surface area (Å²) in [6, 6.07) is 4.58. The smallest absolute Gasteiger partial charge is 0.303 e. The third-order valence-corrected chi connectivity index (χ3v) is 9.76. The van der Waals surface area contributed by atoms with Crippen molar-refractivity contribution < 1.29 is 23.9 Å². The standard InChI is InChI=1S/C23H27FN4O3.C14H28O2/c1-14-17(23(30)28-9-2-3-19(29)22(28)25-14)8-12-27-10-6-15(7-11-27)21-18-5-4-16(24)13-20(18)31-26-21;1-2-3-4-5-6-7-8-9-10-11-12-13-14(15)16/h4-5,13,15,19,29H,2-3,6-12H2,1H3;2-13H2,1H3,(H,15,16)/t19-;/m1./s1. The zero-order valence-electron chi connectivity index (χ0n) is 28.5. The molecule has 1 atom stereocenters. The molecule has 2 N–H and O–H groups in total. The van der Waals surface area contributed by atoms with Crippen LogP contribution in [0.4, 0.5) is 4.39 Å². The molecule has 0 saturated carbocycles. The number of fused-ring (bicyclic) bond motifs is 2. The fraction of sp³-hybridized carbons (Fsp3) is 0.676. The van der Waals surface area contributed by atoms with Gasteiger partial charge in [0.15, 0.2) is 5.58 Å². The van der Waals surface area contributed by atoms with Crippen LogP contribution in [0, 0.1) is 12.7 Å². The van der Waals surface area contributed by atoms with Gasteiger partial charge in [-0.05, 0) is 70.7 Å². The van der Waals surface area contributed by atoms with Crippen LogP contribution in [0.5, 0.6) is 0 Å². The van der Waals surface area contributed by atoms with Crippen LogP contribution in [-0.4, -0.2) is 55.4 Å². The lowest BCUT2D eigenvalue weighted by atomic mass is 9.91. The molecule has 10 heteroatoms. The SMILES string of the molecule is CCCCCCCCCCCCCC(=O)O.Cc1nc2n(c(=O)c1CCN1CCC(c3noc4cc(F)ccc34)CC1)CCC[C@H]2O. The number of aliphatic carboxylic acids is 1. The number of carbonyl (C=O) groups is 1. The molecular weight excluding hydrogens is 599 g/mol. The van der Waals surface area contributed by atoms with Crippen LogP contribution in [0.2, 0.25) is 0 Å².